The molecule has 0 aromatic heterocycles. The van der Waals surface area contributed by atoms with Crippen molar-refractivity contribution in [2.45, 2.75) is 13.3 Å². The van der Waals surface area contributed by atoms with E-state index in [1.165, 1.54) is 6.07 Å². The molecule has 14 heavy (non-hydrogen) atoms. The average Bonchev–Trinajstić information content (AvgIpc) is 2.12. The monoisotopic (exact) mass is 208 g/mol. The molecule has 0 aliphatic rings. The highest BCUT2D eigenvalue weighted by Gasteiger charge is 2.07. The quantitative estimate of drug-likeness (QED) is 0.459. The fourth-order valence-electron chi connectivity index (χ4n) is 1.16. The molecule has 4 heteroatoms. The Balaban J connectivity index is 2.87. The van der Waals surface area contributed by atoms with E-state index in [4.69, 9.17) is 17.5 Å². The van der Waals surface area contributed by atoms with Crippen molar-refractivity contribution in [2.24, 2.45) is 0 Å². The molecule has 0 saturated heterocycles. The van der Waals surface area contributed by atoms with Crippen LogP contribution in [0.25, 0.3) is 0 Å². The Morgan fingerprint density at radius 3 is 2.93 bits per heavy atom. The van der Waals surface area contributed by atoms with Crippen LogP contribution in [0, 0.1) is 24.2 Å². The van der Waals surface area contributed by atoms with Crippen molar-refractivity contribution in [3.8, 4) is 6.19 Å². The van der Waals surface area contributed by atoms with Crippen molar-refractivity contribution in [3.05, 3.63) is 35.1 Å². The highest BCUT2D eigenvalue weighted by molar-refractivity contribution is 7.80. The number of nitrogens with one attached hydrogen (secondary N) is 1. The summed E-state index contributed by atoms with van der Waals surface area (Å²) >= 11 is 4.85. The third-order valence-corrected chi connectivity index (χ3v) is 2.13. The SMILES string of the molecule is Cc1cccc(F)c1CC(=S)NC#N. The van der Waals surface area contributed by atoms with Gasteiger partial charge in [0.25, 0.3) is 0 Å². The molecular weight excluding hydrogens is 199 g/mol. The van der Waals surface area contributed by atoms with Crippen LogP contribution >= 0.6 is 12.2 Å². The van der Waals surface area contributed by atoms with Gasteiger partial charge in [-0.1, -0.05) is 24.4 Å². The van der Waals surface area contributed by atoms with Gasteiger partial charge in [-0.15, -0.1) is 0 Å². The second-order valence-corrected chi connectivity index (χ2v) is 3.36. The van der Waals surface area contributed by atoms with Crippen LogP contribution in [0.15, 0.2) is 18.2 Å². The van der Waals surface area contributed by atoms with Gasteiger partial charge in [0, 0.05) is 6.42 Å². The molecule has 0 bridgehead atoms. The minimum atomic E-state index is -0.285. The first-order valence-electron chi connectivity index (χ1n) is 4.07. The fourth-order valence-corrected chi connectivity index (χ4v) is 1.35. The Morgan fingerprint density at radius 1 is 1.64 bits per heavy atom. The summed E-state index contributed by atoms with van der Waals surface area (Å²) in [4.78, 5) is 0.334. The van der Waals surface area contributed by atoms with E-state index in [9.17, 15) is 4.39 Å². The van der Waals surface area contributed by atoms with Crippen LogP contribution in [0.2, 0.25) is 0 Å². The zero-order valence-corrected chi connectivity index (χ0v) is 8.49. The van der Waals surface area contributed by atoms with E-state index in [0.717, 1.165) is 5.56 Å². The average molecular weight is 208 g/mol. The molecule has 0 aliphatic carbocycles. The molecule has 1 aromatic carbocycles. The van der Waals surface area contributed by atoms with Gasteiger partial charge in [0.05, 0.1) is 4.99 Å². The predicted octanol–water partition coefficient (Wildman–Crippen LogP) is 2.07. The third kappa shape index (κ3) is 2.51. The maximum absolute atomic E-state index is 13.3. The number of hydrogen-bond donors (Lipinski definition) is 1. The highest BCUT2D eigenvalue weighted by atomic mass is 32.1. The van der Waals surface area contributed by atoms with Gasteiger partial charge in [-0.2, -0.15) is 5.26 Å². The summed E-state index contributed by atoms with van der Waals surface area (Å²) in [6.45, 7) is 1.81. The number of aryl methyl sites for hydroxylation is 1. The van der Waals surface area contributed by atoms with Crippen LogP contribution < -0.4 is 5.32 Å². The zero-order chi connectivity index (χ0) is 10.6. The van der Waals surface area contributed by atoms with Crippen molar-refractivity contribution >= 4 is 17.2 Å². The van der Waals surface area contributed by atoms with Crippen molar-refractivity contribution in [3.63, 3.8) is 0 Å². The van der Waals surface area contributed by atoms with Gasteiger partial charge in [-0.25, -0.2) is 4.39 Å². The largest absolute Gasteiger partial charge is 0.286 e. The first-order valence-corrected chi connectivity index (χ1v) is 4.48. The van der Waals surface area contributed by atoms with Crippen LogP contribution in [0.3, 0.4) is 0 Å². The molecule has 0 atom stereocenters. The number of thiocarbonyl (C=S) groups is 1. The van der Waals surface area contributed by atoms with E-state index in [0.29, 0.717) is 10.6 Å². The number of rotatable bonds is 2. The number of benzene rings is 1. The molecule has 0 fully saturated rings. The first kappa shape index (κ1) is 10.6. The van der Waals surface area contributed by atoms with Crippen LogP contribution in [0.1, 0.15) is 11.1 Å². The van der Waals surface area contributed by atoms with E-state index in [1.54, 1.807) is 12.3 Å². The maximum Gasteiger partial charge on any atom is 0.181 e. The van der Waals surface area contributed by atoms with E-state index < -0.39 is 0 Å². The predicted molar refractivity (Wildman–Crippen MR) is 56.2 cm³/mol. The Bertz CT molecular complexity index is 375. The smallest absolute Gasteiger partial charge is 0.181 e. The topological polar surface area (TPSA) is 35.8 Å². The van der Waals surface area contributed by atoms with Crippen LogP contribution in [0.5, 0.6) is 0 Å². The molecule has 0 spiro atoms. The second kappa shape index (κ2) is 4.68. The third-order valence-electron chi connectivity index (χ3n) is 1.89. The first-order chi connectivity index (χ1) is 6.65. The summed E-state index contributed by atoms with van der Waals surface area (Å²) in [5.74, 6) is -0.285. The molecule has 0 aliphatic heterocycles. The van der Waals surface area contributed by atoms with Gasteiger partial charge in [-0.3, -0.25) is 5.32 Å². The van der Waals surface area contributed by atoms with E-state index in [-0.39, 0.29) is 12.2 Å². The lowest BCUT2D eigenvalue weighted by molar-refractivity contribution is 0.614. The summed E-state index contributed by atoms with van der Waals surface area (Å²) < 4.78 is 13.3. The molecule has 2 nitrogen and oxygen atoms in total. The number of nitriles is 1. The molecule has 1 aromatic rings. The fraction of sp³-hybridized carbons (Fsp3) is 0.200. The molecule has 1 N–H and O–H groups in total. The second-order valence-electron chi connectivity index (χ2n) is 2.87. The summed E-state index contributed by atoms with van der Waals surface area (Å²) in [6.07, 6.45) is 1.98. The Kier molecular flexibility index (Phi) is 3.55. The lowest BCUT2D eigenvalue weighted by Crippen LogP contribution is -2.18. The van der Waals surface area contributed by atoms with Crippen molar-refractivity contribution in [2.75, 3.05) is 0 Å². The molecule has 1 rings (SSSR count). The number of halogens is 1. The van der Waals surface area contributed by atoms with Gasteiger partial charge in [0.15, 0.2) is 6.19 Å². The minimum absolute atomic E-state index is 0.265. The lowest BCUT2D eigenvalue weighted by atomic mass is 10.1. The lowest BCUT2D eigenvalue weighted by Gasteiger charge is -2.06. The standard InChI is InChI=1S/C10H9FN2S/c1-7-3-2-4-9(11)8(7)5-10(14)13-6-12/h2-4H,5H2,1H3,(H,13,14). The minimum Gasteiger partial charge on any atom is -0.286 e. The number of nitrogens with zero attached hydrogens (tertiary/aromatic N) is 1. The molecule has 0 radical (unpaired) electrons. The van der Waals surface area contributed by atoms with Crippen LogP contribution in [-0.2, 0) is 6.42 Å². The van der Waals surface area contributed by atoms with E-state index in [2.05, 4.69) is 5.32 Å². The van der Waals surface area contributed by atoms with Gasteiger partial charge in [-0.05, 0) is 24.1 Å². The summed E-state index contributed by atoms with van der Waals surface area (Å²) in [5, 5.41) is 10.6. The van der Waals surface area contributed by atoms with Crippen molar-refractivity contribution in [1.29, 1.82) is 5.26 Å². The van der Waals surface area contributed by atoms with Gasteiger partial charge in [0.2, 0.25) is 0 Å². The van der Waals surface area contributed by atoms with Crippen LogP contribution in [0.4, 0.5) is 4.39 Å². The summed E-state index contributed by atoms with van der Waals surface area (Å²) in [6, 6.07) is 4.85. The van der Waals surface area contributed by atoms with E-state index >= 15 is 0 Å². The molecule has 0 amide bonds. The van der Waals surface area contributed by atoms with Gasteiger partial charge in [0.1, 0.15) is 5.82 Å². The Hall–Kier alpha value is -1.47. The van der Waals surface area contributed by atoms with Crippen LogP contribution in [-0.4, -0.2) is 4.99 Å². The molecule has 0 saturated carbocycles. The van der Waals surface area contributed by atoms with Gasteiger partial charge >= 0.3 is 0 Å². The van der Waals surface area contributed by atoms with Gasteiger partial charge < -0.3 is 0 Å². The molecule has 0 unspecified atom stereocenters. The maximum atomic E-state index is 13.3. The molecule has 72 valence electrons. The van der Waals surface area contributed by atoms with Crippen molar-refractivity contribution in [1.82, 2.24) is 5.32 Å². The molecular formula is C10H9FN2S. The highest BCUT2D eigenvalue weighted by Crippen LogP contribution is 2.13. The van der Waals surface area contributed by atoms with E-state index in [1.807, 2.05) is 13.0 Å². The summed E-state index contributed by atoms with van der Waals surface area (Å²) in [5.41, 5.74) is 1.38. The van der Waals surface area contributed by atoms with Crippen molar-refractivity contribution < 1.29 is 4.39 Å². The summed E-state index contributed by atoms with van der Waals surface area (Å²) in [7, 11) is 0. The molecule has 0 heterocycles. The number of hydrogen-bond acceptors (Lipinski definition) is 2. The zero-order valence-electron chi connectivity index (χ0n) is 7.67. The Labute approximate surface area is 87.4 Å². The normalized spacial score (nSPS) is 9.21. The Morgan fingerprint density at radius 2 is 2.36 bits per heavy atom.